The van der Waals surface area contributed by atoms with Crippen LogP contribution < -0.4 is 5.32 Å². The highest BCUT2D eigenvalue weighted by Gasteiger charge is 2.43. The van der Waals surface area contributed by atoms with Crippen molar-refractivity contribution in [1.29, 1.82) is 0 Å². The number of carbonyl (C=O) groups excluding carboxylic acids is 2. The zero-order chi connectivity index (χ0) is 33.8. The quantitative estimate of drug-likeness (QED) is 0.115. The monoisotopic (exact) mass is 638 g/mol. The molecule has 0 radical (unpaired) electrons. The number of ether oxygens (including phenoxy) is 2. The van der Waals surface area contributed by atoms with Crippen molar-refractivity contribution in [1.82, 2.24) is 5.32 Å². The molecule has 0 spiro atoms. The van der Waals surface area contributed by atoms with Gasteiger partial charge in [-0.05, 0) is 79.1 Å². The summed E-state index contributed by atoms with van der Waals surface area (Å²) in [7, 11) is 1.76. The van der Waals surface area contributed by atoms with Crippen molar-refractivity contribution >= 4 is 11.9 Å². The largest absolute Gasteiger partial charge is 0.497 e. The third kappa shape index (κ3) is 12.9. The van der Waals surface area contributed by atoms with Crippen LogP contribution in [0.15, 0.2) is 54.3 Å². The summed E-state index contributed by atoms with van der Waals surface area (Å²) < 4.78 is 11.9. The summed E-state index contributed by atoms with van der Waals surface area (Å²) in [6, 6.07) is 8.47. The molecule has 0 saturated heterocycles. The topological polar surface area (TPSA) is 64.6 Å². The Labute approximate surface area is 282 Å². The highest BCUT2D eigenvalue weighted by molar-refractivity contribution is 5.96. The zero-order valence-corrected chi connectivity index (χ0v) is 30.5. The maximum Gasteiger partial charge on any atom is 0.328 e. The van der Waals surface area contributed by atoms with Gasteiger partial charge in [0, 0.05) is 5.56 Å². The van der Waals surface area contributed by atoms with Gasteiger partial charge in [-0.3, -0.25) is 4.79 Å². The lowest BCUT2D eigenvalue weighted by Crippen LogP contribution is -2.46. The minimum atomic E-state index is -0.741. The van der Waals surface area contributed by atoms with E-state index in [1.54, 1.807) is 19.2 Å². The lowest BCUT2D eigenvalue weighted by Gasteiger charge is -2.45. The Balaban J connectivity index is 2.51. The summed E-state index contributed by atoms with van der Waals surface area (Å²) in [6.07, 6.45) is 23.1. The number of rotatable bonds is 24. The number of amides is 1. The van der Waals surface area contributed by atoms with Gasteiger partial charge in [0.25, 0.3) is 5.91 Å². The molecule has 0 aromatic heterocycles. The first kappa shape index (κ1) is 39.6. The predicted molar refractivity (Wildman–Crippen MR) is 193 cm³/mol. The van der Waals surface area contributed by atoms with Crippen molar-refractivity contribution in [3.63, 3.8) is 0 Å². The number of esters is 1. The molecule has 5 atom stereocenters. The molecule has 260 valence electrons. The second kappa shape index (κ2) is 22.1. The molecule has 5 nitrogen and oxygen atoms in total. The summed E-state index contributed by atoms with van der Waals surface area (Å²) in [5.74, 6) is 1.92. The molecular weight excluding hydrogens is 570 g/mol. The summed E-state index contributed by atoms with van der Waals surface area (Å²) in [4.78, 5) is 27.5. The molecule has 1 aromatic rings. The molecule has 46 heavy (non-hydrogen) atoms. The molecule has 1 aliphatic rings. The van der Waals surface area contributed by atoms with E-state index in [0.29, 0.717) is 36.3 Å². The maximum atomic E-state index is 13.9. The molecule has 1 N–H and O–H groups in total. The van der Waals surface area contributed by atoms with Gasteiger partial charge in [-0.1, -0.05) is 136 Å². The van der Waals surface area contributed by atoms with Gasteiger partial charge in [0.2, 0.25) is 0 Å². The summed E-state index contributed by atoms with van der Waals surface area (Å²) in [5.41, 5.74) is 0.379. The number of benzene rings is 1. The molecule has 0 saturated carbocycles. The van der Waals surface area contributed by atoms with Gasteiger partial charge in [0.15, 0.2) is 0 Å². The van der Waals surface area contributed by atoms with E-state index in [1.165, 1.54) is 38.5 Å². The van der Waals surface area contributed by atoms with Crippen LogP contribution in [0.2, 0.25) is 0 Å². The van der Waals surface area contributed by atoms with Crippen LogP contribution in [0.1, 0.15) is 148 Å². The molecule has 1 amide bonds. The van der Waals surface area contributed by atoms with E-state index < -0.39 is 6.04 Å². The molecule has 1 aliphatic carbocycles. The first-order valence-corrected chi connectivity index (χ1v) is 18.8. The standard InChI is InChI=1S/C41H67NO4/c1-8-14-20-32(11-4)28-41(29-33(12-5)21-15-9-2)30-37(45-7)26-25-36(41)27-38(42-39(43)35-23-18-17-19-24-35)40(44)46-31-34(13-6)22-16-10-3/h17-19,23-26,30,32-34,36,38H,8-16,20-22,27-29,31H2,1-7H3,(H,42,43). The molecule has 0 bridgehead atoms. The van der Waals surface area contributed by atoms with Crippen molar-refractivity contribution in [2.45, 2.75) is 144 Å². The van der Waals surface area contributed by atoms with Gasteiger partial charge >= 0.3 is 5.97 Å². The van der Waals surface area contributed by atoms with E-state index >= 15 is 0 Å². The molecule has 0 aliphatic heterocycles. The third-order valence-electron chi connectivity index (χ3n) is 10.4. The van der Waals surface area contributed by atoms with Gasteiger partial charge in [0.1, 0.15) is 11.8 Å². The summed E-state index contributed by atoms with van der Waals surface area (Å²) in [5, 5.41) is 3.13. The van der Waals surface area contributed by atoms with Gasteiger partial charge in [-0.15, -0.1) is 0 Å². The summed E-state index contributed by atoms with van der Waals surface area (Å²) in [6.45, 7) is 13.9. The molecule has 0 heterocycles. The number of methoxy groups -OCH3 is 1. The lowest BCUT2D eigenvalue weighted by atomic mass is 9.60. The average Bonchev–Trinajstić information content (AvgIpc) is 3.09. The zero-order valence-electron chi connectivity index (χ0n) is 30.5. The highest BCUT2D eigenvalue weighted by Crippen LogP contribution is 2.50. The van der Waals surface area contributed by atoms with E-state index in [-0.39, 0.29) is 23.2 Å². The van der Waals surface area contributed by atoms with Crippen LogP contribution in [0.4, 0.5) is 0 Å². The minimum absolute atomic E-state index is 0.0634. The Morgan fingerprint density at radius 3 is 1.85 bits per heavy atom. The predicted octanol–water partition coefficient (Wildman–Crippen LogP) is 10.9. The Hall–Kier alpha value is -2.56. The van der Waals surface area contributed by atoms with E-state index in [0.717, 1.165) is 57.1 Å². The Morgan fingerprint density at radius 2 is 1.35 bits per heavy atom. The second-order valence-corrected chi connectivity index (χ2v) is 13.9. The van der Waals surface area contributed by atoms with E-state index in [4.69, 9.17) is 9.47 Å². The van der Waals surface area contributed by atoms with E-state index in [1.807, 2.05) is 18.2 Å². The lowest BCUT2D eigenvalue weighted by molar-refractivity contribution is -0.148. The fraction of sp³-hybridized carbons (Fsp3) is 0.707. The molecular formula is C41H67NO4. The molecule has 0 fully saturated rings. The number of unbranched alkanes of at least 4 members (excludes halogenated alkanes) is 3. The van der Waals surface area contributed by atoms with Crippen LogP contribution >= 0.6 is 0 Å². The van der Waals surface area contributed by atoms with Gasteiger partial charge in [-0.25, -0.2) is 4.79 Å². The van der Waals surface area contributed by atoms with Crippen LogP contribution in [0.5, 0.6) is 0 Å². The number of carbonyl (C=O) groups is 2. The minimum Gasteiger partial charge on any atom is -0.497 e. The van der Waals surface area contributed by atoms with Crippen LogP contribution in [0.3, 0.4) is 0 Å². The van der Waals surface area contributed by atoms with Gasteiger partial charge in [0.05, 0.1) is 13.7 Å². The van der Waals surface area contributed by atoms with Crippen LogP contribution in [0, 0.1) is 29.1 Å². The van der Waals surface area contributed by atoms with Crippen LogP contribution in [0.25, 0.3) is 0 Å². The van der Waals surface area contributed by atoms with Crippen molar-refractivity contribution in [3.8, 4) is 0 Å². The normalized spacial score (nSPS) is 20.3. The van der Waals surface area contributed by atoms with Crippen molar-refractivity contribution in [2.24, 2.45) is 29.1 Å². The SMILES string of the molecule is CCCCC(CC)COC(=O)C(CC1C=CC(OC)=CC1(CC(CC)CCCC)CC(CC)CCCC)NC(=O)c1ccccc1. The smallest absolute Gasteiger partial charge is 0.328 e. The molecule has 1 aromatic carbocycles. The van der Waals surface area contributed by atoms with Crippen molar-refractivity contribution in [3.05, 3.63) is 59.9 Å². The second-order valence-electron chi connectivity index (χ2n) is 13.9. The number of hydrogen-bond donors (Lipinski definition) is 1. The van der Waals surface area contributed by atoms with Gasteiger partial charge < -0.3 is 14.8 Å². The number of hydrogen-bond acceptors (Lipinski definition) is 4. The Kier molecular flexibility index (Phi) is 19.0. The molecule has 5 unspecified atom stereocenters. The Morgan fingerprint density at radius 1 is 0.804 bits per heavy atom. The van der Waals surface area contributed by atoms with E-state index in [2.05, 4.69) is 65.1 Å². The highest BCUT2D eigenvalue weighted by atomic mass is 16.5. The average molecular weight is 638 g/mol. The number of allylic oxidation sites excluding steroid dienone is 3. The first-order chi connectivity index (χ1) is 22.3. The van der Waals surface area contributed by atoms with Crippen LogP contribution in [-0.4, -0.2) is 31.6 Å². The molecule has 5 heteroatoms. The van der Waals surface area contributed by atoms with Gasteiger partial charge in [-0.2, -0.15) is 0 Å². The van der Waals surface area contributed by atoms with E-state index in [9.17, 15) is 9.59 Å². The summed E-state index contributed by atoms with van der Waals surface area (Å²) >= 11 is 0. The van der Waals surface area contributed by atoms with Crippen molar-refractivity contribution in [2.75, 3.05) is 13.7 Å². The fourth-order valence-corrected chi connectivity index (χ4v) is 7.24. The number of nitrogens with one attached hydrogen (secondary N) is 1. The van der Waals surface area contributed by atoms with Crippen molar-refractivity contribution < 1.29 is 19.1 Å². The fourth-order valence-electron chi connectivity index (χ4n) is 7.24. The first-order valence-electron chi connectivity index (χ1n) is 18.8. The van der Waals surface area contributed by atoms with Crippen LogP contribution in [-0.2, 0) is 14.3 Å². The Bertz CT molecular complexity index is 1030. The molecule has 2 rings (SSSR count). The maximum absolute atomic E-state index is 13.9. The third-order valence-corrected chi connectivity index (χ3v) is 10.4.